The molecule has 124 valence electrons. The Morgan fingerprint density at radius 1 is 1.29 bits per heavy atom. The first-order valence-electron chi connectivity index (χ1n) is 7.23. The topological polar surface area (TPSA) is 42.0 Å². The summed E-state index contributed by atoms with van der Waals surface area (Å²) in [7, 11) is 0. The molecule has 1 atom stereocenters. The van der Waals surface area contributed by atoms with Crippen LogP contribution in [0.25, 0.3) is 9.88 Å². The summed E-state index contributed by atoms with van der Waals surface area (Å²) in [5, 5.41) is 5.48. The highest BCUT2D eigenvalue weighted by molar-refractivity contribution is 7.22. The Kier molecular flexibility index (Phi) is 4.73. The van der Waals surface area contributed by atoms with Gasteiger partial charge in [-0.3, -0.25) is 4.79 Å². The molecule has 2 heterocycles. The molecule has 0 saturated heterocycles. The van der Waals surface area contributed by atoms with Gasteiger partial charge in [0, 0.05) is 11.6 Å². The lowest BCUT2D eigenvalue weighted by atomic mass is 10.1. The fraction of sp³-hybridized carbons (Fsp3) is 0.176. The molecule has 0 aliphatic heterocycles. The number of thiazole rings is 1. The van der Waals surface area contributed by atoms with Gasteiger partial charge in [0.2, 0.25) is 0 Å². The number of aromatic nitrogens is 1. The normalized spacial score (nSPS) is 12.2. The zero-order chi connectivity index (χ0) is 17.3. The summed E-state index contributed by atoms with van der Waals surface area (Å²) < 4.78 is 26.8. The Morgan fingerprint density at radius 3 is 2.75 bits per heavy atom. The molecule has 1 aromatic carbocycles. The Hall–Kier alpha value is -2.12. The lowest BCUT2D eigenvalue weighted by molar-refractivity contribution is 0.0942. The number of halogens is 2. The number of hydrogen-bond donors (Lipinski definition) is 1. The van der Waals surface area contributed by atoms with Gasteiger partial charge in [0.25, 0.3) is 5.91 Å². The third kappa shape index (κ3) is 3.37. The van der Waals surface area contributed by atoms with Gasteiger partial charge in [0.05, 0.1) is 16.6 Å². The number of amides is 1. The first-order chi connectivity index (χ1) is 11.5. The van der Waals surface area contributed by atoms with E-state index in [0.29, 0.717) is 10.6 Å². The van der Waals surface area contributed by atoms with Crippen molar-refractivity contribution in [3.8, 4) is 9.88 Å². The van der Waals surface area contributed by atoms with Crippen LogP contribution in [0.4, 0.5) is 8.78 Å². The fourth-order valence-corrected chi connectivity index (χ4v) is 4.07. The highest BCUT2D eigenvalue weighted by Gasteiger charge is 2.20. The minimum absolute atomic E-state index is 0.241. The van der Waals surface area contributed by atoms with E-state index in [9.17, 15) is 13.6 Å². The van der Waals surface area contributed by atoms with Crippen molar-refractivity contribution in [3.05, 3.63) is 63.5 Å². The van der Waals surface area contributed by atoms with Gasteiger partial charge in [-0.05, 0) is 31.4 Å². The molecule has 0 unspecified atom stereocenters. The second kappa shape index (κ2) is 6.78. The monoisotopic (exact) mass is 364 g/mol. The Labute approximate surface area is 146 Å². The molecule has 2 aromatic heterocycles. The number of thiophene rings is 1. The summed E-state index contributed by atoms with van der Waals surface area (Å²) in [5.74, 6) is -1.64. The molecular formula is C17H14F2N2OS2. The van der Waals surface area contributed by atoms with Crippen LogP contribution in [0, 0.1) is 18.6 Å². The predicted molar refractivity (Wildman–Crippen MR) is 92.4 cm³/mol. The molecule has 0 radical (unpaired) electrons. The second-order valence-electron chi connectivity index (χ2n) is 5.27. The van der Waals surface area contributed by atoms with E-state index < -0.39 is 17.7 Å². The second-order valence-corrected chi connectivity index (χ2v) is 7.22. The van der Waals surface area contributed by atoms with E-state index in [1.807, 2.05) is 17.5 Å². The van der Waals surface area contributed by atoms with Crippen molar-refractivity contribution in [1.82, 2.24) is 10.3 Å². The number of carbonyl (C=O) groups is 1. The zero-order valence-corrected chi connectivity index (χ0v) is 14.6. The van der Waals surface area contributed by atoms with E-state index >= 15 is 0 Å². The lowest BCUT2D eigenvalue weighted by Crippen LogP contribution is -2.27. The molecule has 7 heteroatoms. The number of rotatable bonds is 4. The van der Waals surface area contributed by atoms with Crippen molar-refractivity contribution in [2.45, 2.75) is 19.9 Å². The number of nitrogens with one attached hydrogen (secondary N) is 1. The van der Waals surface area contributed by atoms with Crippen LogP contribution in [0.15, 0.2) is 35.7 Å². The Bertz CT molecular complexity index is 875. The number of nitrogens with zero attached hydrogens (tertiary/aromatic N) is 1. The zero-order valence-electron chi connectivity index (χ0n) is 13.0. The highest BCUT2D eigenvalue weighted by Crippen LogP contribution is 2.31. The maximum absolute atomic E-state index is 13.8. The minimum Gasteiger partial charge on any atom is -0.345 e. The molecule has 0 bridgehead atoms. The molecule has 0 aliphatic carbocycles. The van der Waals surface area contributed by atoms with E-state index in [0.717, 1.165) is 16.0 Å². The van der Waals surface area contributed by atoms with Gasteiger partial charge in [-0.25, -0.2) is 13.8 Å². The van der Waals surface area contributed by atoms with Gasteiger partial charge >= 0.3 is 0 Å². The van der Waals surface area contributed by atoms with Crippen LogP contribution in [0.3, 0.4) is 0 Å². The standard InChI is InChI=1S/C17H14F2N2OS2/c1-9(12-6-5-11(18)8-13(12)19)20-16(22)15-10(2)21-17(24-15)14-4-3-7-23-14/h3-9H,1-2H3,(H,20,22)/t9-/m1/s1. The van der Waals surface area contributed by atoms with Gasteiger partial charge in [-0.1, -0.05) is 12.1 Å². The van der Waals surface area contributed by atoms with Gasteiger partial charge in [0.15, 0.2) is 0 Å². The van der Waals surface area contributed by atoms with Crippen LogP contribution >= 0.6 is 22.7 Å². The molecule has 1 N–H and O–H groups in total. The molecule has 0 spiro atoms. The van der Waals surface area contributed by atoms with Crippen molar-refractivity contribution >= 4 is 28.6 Å². The lowest BCUT2D eigenvalue weighted by Gasteiger charge is -2.14. The quantitative estimate of drug-likeness (QED) is 0.712. The third-order valence-electron chi connectivity index (χ3n) is 3.51. The molecule has 3 nitrogen and oxygen atoms in total. The van der Waals surface area contributed by atoms with Gasteiger partial charge in [-0.2, -0.15) is 0 Å². The van der Waals surface area contributed by atoms with E-state index in [1.54, 1.807) is 25.2 Å². The SMILES string of the molecule is Cc1nc(-c2cccs2)sc1C(=O)N[C@H](C)c1ccc(F)cc1F. The molecule has 3 rings (SSSR count). The minimum atomic E-state index is -0.678. The summed E-state index contributed by atoms with van der Waals surface area (Å²) in [4.78, 5) is 18.4. The van der Waals surface area contributed by atoms with Gasteiger partial charge in [0.1, 0.15) is 21.5 Å². The van der Waals surface area contributed by atoms with Crippen molar-refractivity contribution < 1.29 is 13.6 Å². The van der Waals surface area contributed by atoms with Gasteiger partial charge < -0.3 is 5.32 Å². The van der Waals surface area contributed by atoms with E-state index in [2.05, 4.69) is 10.3 Å². The van der Waals surface area contributed by atoms with E-state index in [-0.39, 0.29) is 11.5 Å². The summed E-state index contributed by atoms with van der Waals surface area (Å²) in [6, 6.07) is 6.62. The average molecular weight is 364 g/mol. The number of carbonyl (C=O) groups excluding carboxylic acids is 1. The highest BCUT2D eigenvalue weighted by atomic mass is 32.1. The molecule has 0 fully saturated rings. The molecule has 3 aromatic rings. The van der Waals surface area contributed by atoms with Crippen LogP contribution in [0.2, 0.25) is 0 Å². The fourth-order valence-electron chi connectivity index (χ4n) is 2.31. The number of benzene rings is 1. The number of hydrogen-bond acceptors (Lipinski definition) is 4. The average Bonchev–Trinajstić information content (AvgIpc) is 3.15. The molecule has 0 saturated carbocycles. The summed E-state index contributed by atoms with van der Waals surface area (Å²) in [6.45, 7) is 3.43. The first-order valence-corrected chi connectivity index (χ1v) is 8.92. The largest absolute Gasteiger partial charge is 0.345 e. The molecule has 0 aliphatic rings. The van der Waals surface area contributed by atoms with Crippen molar-refractivity contribution in [3.63, 3.8) is 0 Å². The summed E-state index contributed by atoms with van der Waals surface area (Å²) in [5.41, 5.74) is 0.873. The van der Waals surface area contributed by atoms with Crippen LogP contribution in [0.5, 0.6) is 0 Å². The van der Waals surface area contributed by atoms with Crippen molar-refractivity contribution in [1.29, 1.82) is 0 Å². The van der Waals surface area contributed by atoms with Crippen molar-refractivity contribution in [2.75, 3.05) is 0 Å². The molecule has 1 amide bonds. The smallest absolute Gasteiger partial charge is 0.263 e. The Balaban J connectivity index is 1.80. The maximum Gasteiger partial charge on any atom is 0.263 e. The first kappa shape index (κ1) is 16.7. The van der Waals surface area contributed by atoms with Crippen LogP contribution in [-0.2, 0) is 0 Å². The maximum atomic E-state index is 13.8. The molecular weight excluding hydrogens is 350 g/mol. The van der Waals surface area contributed by atoms with Crippen LogP contribution in [0.1, 0.15) is 33.9 Å². The van der Waals surface area contributed by atoms with Crippen molar-refractivity contribution in [2.24, 2.45) is 0 Å². The molecule has 24 heavy (non-hydrogen) atoms. The summed E-state index contributed by atoms with van der Waals surface area (Å²) in [6.07, 6.45) is 0. The third-order valence-corrected chi connectivity index (χ3v) is 5.71. The Morgan fingerprint density at radius 2 is 2.08 bits per heavy atom. The van der Waals surface area contributed by atoms with E-state index in [1.165, 1.54) is 23.5 Å². The predicted octanol–water partition coefficient (Wildman–Crippen LogP) is 4.95. The van der Waals surface area contributed by atoms with E-state index in [4.69, 9.17) is 0 Å². The van der Waals surface area contributed by atoms with Crippen LogP contribution in [-0.4, -0.2) is 10.9 Å². The number of aryl methyl sites for hydroxylation is 1. The van der Waals surface area contributed by atoms with Crippen LogP contribution < -0.4 is 5.32 Å². The summed E-state index contributed by atoms with van der Waals surface area (Å²) >= 11 is 2.86. The van der Waals surface area contributed by atoms with Gasteiger partial charge in [-0.15, -0.1) is 22.7 Å².